The van der Waals surface area contributed by atoms with E-state index in [2.05, 4.69) is 78.9 Å². The predicted octanol–water partition coefficient (Wildman–Crippen LogP) is 6.32. The number of aromatic nitrogens is 1. The van der Waals surface area contributed by atoms with E-state index in [-0.39, 0.29) is 0 Å². The minimum atomic E-state index is -0.433. The van der Waals surface area contributed by atoms with E-state index in [1.807, 2.05) is 18.2 Å². The SMILES string of the molecule is COc1cccc(CC[C@@H](O)Cn2c3ccc(Br)cc3c3cc(Br)ccc32)c1. The maximum atomic E-state index is 10.8. The molecule has 4 aromatic rings. The van der Waals surface area contributed by atoms with Gasteiger partial charge in [-0.25, -0.2) is 0 Å². The zero-order valence-corrected chi connectivity index (χ0v) is 18.7. The fourth-order valence-electron chi connectivity index (χ4n) is 3.71. The molecule has 1 aromatic heterocycles. The second kappa shape index (κ2) is 8.27. The zero-order valence-electron chi connectivity index (χ0n) is 15.5. The van der Waals surface area contributed by atoms with Crippen LogP contribution in [0.1, 0.15) is 12.0 Å². The van der Waals surface area contributed by atoms with Crippen molar-refractivity contribution in [2.24, 2.45) is 0 Å². The Labute approximate surface area is 181 Å². The Morgan fingerprint density at radius 2 is 1.57 bits per heavy atom. The molecule has 3 nitrogen and oxygen atoms in total. The first-order valence-electron chi connectivity index (χ1n) is 9.23. The van der Waals surface area contributed by atoms with Crippen molar-refractivity contribution in [3.63, 3.8) is 0 Å². The monoisotopic (exact) mass is 501 g/mol. The van der Waals surface area contributed by atoms with Crippen LogP contribution in [-0.2, 0) is 13.0 Å². The maximum absolute atomic E-state index is 10.8. The molecule has 0 aliphatic heterocycles. The summed E-state index contributed by atoms with van der Waals surface area (Å²) >= 11 is 7.16. The van der Waals surface area contributed by atoms with Crippen molar-refractivity contribution < 1.29 is 9.84 Å². The molecule has 1 atom stereocenters. The maximum Gasteiger partial charge on any atom is 0.119 e. The smallest absolute Gasteiger partial charge is 0.119 e. The van der Waals surface area contributed by atoms with Gasteiger partial charge in [0.1, 0.15) is 5.75 Å². The highest BCUT2D eigenvalue weighted by atomic mass is 79.9. The molecule has 0 bridgehead atoms. The van der Waals surface area contributed by atoms with Crippen molar-refractivity contribution in [3.05, 3.63) is 75.2 Å². The third-order valence-corrected chi connectivity index (χ3v) is 6.07. The Bertz CT molecular complexity index is 1080. The number of hydrogen-bond acceptors (Lipinski definition) is 2. The highest BCUT2D eigenvalue weighted by molar-refractivity contribution is 9.10. The standard InChI is InChI=1S/C23H21Br2NO2/c1-28-19-4-2-3-15(11-19)5-8-18(27)14-26-22-9-6-16(24)12-20(22)21-13-17(25)7-10-23(21)26/h2-4,6-7,9-13,18,27H,5,8,14H2,1H3/t18-/m1/s1. The van der Waals surface area contributed by atoms with E-state index in [0.29, 0.717) is 13.0 Å². The van der Waals surface area contributed by atoms with E-state index < -0.39 is 6.10 Å². The highest BCUT2D eigenvalue weighted by Gasteiger charge is 2.15. The first-order valence-corrected chi connectivity index (χ1v) is 10.8. The second-order valence-electron chi connectivity index (χ2n) is 6.98. The van der Waals surface area contributed by atoms with Gasteiger partial charge in [-0.05, 0) is 66.9 Å². The lowest BCUT2D eigenvalue weighted by Crippen LogP contribution is -2.16. The summed E-state index contributed by atoms with van der Waals surface area (Å²) in [5.41, 5.74) is 3.45. The van der Waals surface area contributed by atoms with Gasteiger partial charge in [0.15, 0.2) is 0 Å². The molecule has 0 aliphatic carbocycles. The molecule has 5 heteroatoms. The third-order valence-electron chi connectivity index (χ3n) is 5.08. The van der Waals surface area contributed by atoms with Crippen LogP contribution in [-0.4, -0.2) is 22.9 Å². The minimum absolute atomic E-state index is 0.433. The average molecular weight is 503 g/mol. The summed E-state index contributed by atoms with van der Waals surface area (Å²) < 4.78 is 9.62. The van der Waals surface area contributed by atoms with Crippen LogP contribution in [0.15, 0.2) is 69.6 Å². The lowest BCUT2D eigenvalue weighted by atomic mass is 10.1. The molecule has 4 rings (SSSR count). The van der Waals surface area contributed by atoms with E-state index >= 15 is 0 Å². The van der Waals surface area contributed by atoms with E-state index in [0.717, 1.165) is 32.1 Å². The average Bonchev–Trinajstić information content (AvgIpc) is 2.99. The number of aliphatic hydroxyl groups is 1. The second-order valence-corrected chi connectivity index (χ2v) is 8.81. The molecule has 0 unspecified atom stereocenters. The van der Waals surface area contributed by atoms with Gasteiger partial charge in [0.25, 0.3) is 0 Å². The van der Waals surface area contributed by atoms with Crippen molar-refractivity contribution in [1.82, 2.24) is 4.57 Å². The molecule has 0 spiro atoms. The van der Waals surface area contributed by atoms with Crippen molar-refractivity contribution >= 4 is 53.7 Å². The van der Waals surface area contributed by atoms with Crippen LogP contribution in [0.5, 0.6) is 5.75 Å². The summed E-state index contributed by atoms with van der Waals surface area (Å²) in [6.07, 6.45) is 1.07. The Morgan fingerprint density at radius 1 is 0.929 bits per heavy atom. The normalized spacial score (nSPS) is 12.6. The number of halogens is 2. The van der Waals surface area contributed by atoms with Crippen LogP contribution in [0.4, 0.5) is 0 Å². The topological polar surface area (TPSA) is 34.4 Å². The van der Waals surface area contributed by atoms with Crippen molar-refractivity contribution in [2.75, 3.05) is 7.11 Å². The predicted molar refractivity (Wildman–Crippen MR) is 122 cm³/mol. The molecule has 1 N–H and O–H groups in total. The molecule has 0 amide bonds. The number of ether oxygens (including phenoxy) is 1. The number of rotatable bonds is 6. The fourth-order valence-corrected chi connectivity index (χ4v) is 4.43. The first kappa shape index (κ1) is 19.5. The summed E-state index contributed by atoms with van der Waals surface area (Å²) in [5, 5.41) is 13.1. The Balaban J connectivity index is 1.61. The number of methoxy groups -OCH3 is 1. The molecular weight excluding hydrogens is 482 g/mol. The van der Waals surface area contributed by atoms with E-state index in [4.69, 9.17) is 4.74 Å². The minimum Gasteiger partial charge on any atom is -0.497 e. The molecular formula is C23H21Br2NO2. The molecule has 1 heterocycles. The van der Waals surface area contributed by atoms with Gasteiger partial charge in [-0.15, -0.1) is 0 Å². The van der Waals surface area contributed by atoms with Crippen molar-refractivity contribution in [3.8, 4) is 5.75 Å². The van der Waals surface area contributed by atoms with Crippen LogP contribution < -0.4 is 4.74 Å². The lowest BCUT2D eigenvalue weighted by molar-refractivity contribution is 0.147. The number of nitrogens with zero attached hydrogens (tertiary/aromatic N) is 1. The molecule has 0 fully saturated rings. The van der Waals surface area contributed by atoms with Gasteiger partial charge in [-0.3, -0.25) is 0 Å². The van der Waals surface area contributed by atoms with Crippen LogP contribution in [0.3, 0.4) is 0 Å². The van der Waals surface area contributed by atoms with Crippen LogP contribution in [0, 0.1) is 0 Å². The van der Waals surface area contributed by atoms with Gasteiger partial charge >= 0.3 is 0 Å². The molecule has 28 heavy (non-hydrogen) atoms. The van der Waals surface area contributed by atoms with Crippen LogP contribution >= 0.6 is 31.9 Å². The highest BCUT2D eigenvalue weighted by Crippen LogP contribution is 2.33. The molecule has 0 radical (unpaired) electrons. The lowest BCUT2D eigenvalue weighted by Gasteiger charge is -2.14. The number of benzene rings is 3. The van der Waals surface area contributed by atoms with Crippen LogP contribution in [0.25, 0.3) is 21.8 Å². The number of fused-ring (bicyclic) bond motifs is 3. The Hall–Kier alpha value is -1.82. The largest absolute Gasteiger partial charge is 0.497 e. The van der Waals surface area contributed by atoms with Crippen molar-refractivity contribution in [2.45, 2.75) is 25.5 Å². The summed E-state index contributed by atoms with van der Waals surface area (Å²) in [7, 11) is 1.67. The first-order chi connectivity index (χ1) is 13.5. The van der Waals surface area contributed by atoms with E-state index in [9.17, 15) is 5.11 Å². The Kier molecular flexibility index (Phi) is 5.76. The molecule has 3 aromatic carbocycles. The van der Waals surface area contributed by atoms with Gasteiger partial charge in [-0.1, -0.05) is 44.0 Å². The molecule has 0 saturated carbocycles. The molecule has 0 saturated heterocycles. The number of aliphatic hydroxyl groups excluding tert-OH is 1. The van der Waals surface area contributed by atoms with Gasteiger partial charge in [0.05, 0.1) is 13.2 Å². The summed E-state index contributed by atoms with van der Waals surface area (Å²) in [4.78, 5) is 0. The van der Waals surface area contributed by atoms with E-state index in [1.165, 1.54) is 16.3 Å². The van der Waals surface area contributed by atoms with E-state index in [1.54, 1.807) is 7.11 Å². The number of hydrogen-bond donors (Lipinski definition) is 1. The third kappa shape index (κ3) is 3.97. The summed E-state index contributed by atoms with van der Waals surface area (Å²) in [6.45, 7) is 0.563. The zero-order chi connectivity index (χ0) is 19.7. The summed E-state index contributed by atoms with van der Waals surface area (Å²) in [6, 6.07) is 20.6. The number of aryl methyl sites for hydroxylation is 1. The molecule has 0 aliphatic rings. The van der Waals surface area contributed by atoms with Crippen LogP contribution in [0.2, 0.25) is 0 Å². The quantitative estimate of drug-likeness (QED) is 0.334. The van der Waals surface area contributed by atoms with Gasteiger partial charge in [0, 0.05) is 37.3 Å². The Morgan fingerprint density at radius 3 is 2.18 bits per heavy atom. The van der Waals surface area contributed by atoms with Gasteiger partial charge in [-0.2, -0.15) is 0 Å². The fraction of sp³-hybridized carbons (Fsp3) is 0.217. The van der Waals surface area contributed by atoms with Gasteiger partial charge < -0.3 is 14.4 Å². The molecule has 144 valence electrons. The summed E-state index contributed by atoms with van der Waals surface area (Å²) in [5.74, 6) is 0.852. The van der Waals surface area contributed by atoms with Gasteiger partial charge in [0.2, 0.25) is 0 Å². The van der Waals surface area contributed by atoms with Crippen molar-refractivity contribution in [1.29, 1.82) is 0 Å².